The van der Waals surface area contributed by atoms with Crippen LogP contribution in [0.1, 0.15) is 25.4 Å². The molecule has 4 heteroatoms. The molecule has 0 saturated heterocycles. The Kier molecular flexibility index (Phi) is 4.93. The minimum atomic E-state index is 0.889. The van der Waals surface area contributed by atoms with Crippen LogP contribution in [0.5, 0.6) is 0 Å². The van der Waals surface area contributed by atoms with Crippen LogP contribution in [0, 0.1) is 0 Å². The molecule has 0 radical (unpaired) electrons. The lowest BCUT2D eigenvalue weighted by Gasteiger charge is -1.97. The van der Waals surface area contributed by atoms with Gasteiger partial charge in [0.15, 0.2) is 0 Å². The van der Waals surface area contributed by atoms with Crippen molar-refractivity contribution in [3.63, 3.8) is 0 Å². The molecule has 1 heterocycles. The molecule has 1 rings (SSSR count). The van der Waals surface area contributed by atoms with E-state index in [1.165, 1.54) is 5.69 Å². The molecule has 0 spiro atoms. The van der Waals surface area contributed by atoms with Gasteiger partial charge in [-0.15, -0.1) is 0 Å². The van der Waals surface area contributed by atoms with E-state index in [1.807, 2.05) is 18.0 Å². The van der Waals surface area contributed by atoms with Gasteiger partial charge in [0, 0.05) is 18.4 Å². The highest BCUT2D eigenvalue weighted by atomic mass is 32.2. The summed E-state index contributed by atoms with van der Waals surface area (Å²) >= 11 is 1.88. The molecule has 13 heavy (non-hydrogen) atoms. The second-order valence-electron chi connectivity index (χ2n) is 2.77. The van der Waals surface area contributed by atoms with Crippen molar-refractivity contribution in [2.45, 2.75) is 26.1 Å². The SMILES string of the molecule is CCNCc1cnc(CSCC)[nH]1. The average Bonchev–Trinajstić information content (AvgIpc) is 2.59. The fraction of sp³-hybridized carbons (Fsp3) is 0.667. The van der Waals surface area contributed by atoms with E-state index in [1.54, 1.807) is 0 Å². The number of nitrogens with zero attached hydrogens (tertiary/aromatic N) is 1. The fourth-order valence-electron chi connectivity index (χ4n) is 1.03. The third kappa shape index (κ3) is 3.83. The van der Waals surface area contributed by atoms with E-state index in [4.69, 9.17) is 0 Å². The number of nitrogens with one attached hydrogen (secondary N) is 2. The van der Waals surface area contributed by atoms with Crippen LogP contribution in [0.4, 0.5) is 0 Å². The van der Waals surface area contributed by atoms with Gasteiger partial charge in [0.05, 0.1) is 5.75 Å². The standard InChI is InChI=1S/C9H17N3S/c1-3-10-5-8-6-11-9(12-8)7-13-4-2/h6,10H,3-5,7H2,1-2H3,(H,11,12). The maximum absolute atomic E-state index is 4.29. The summed E-state index contributed by atoms with van der Waals surface area (Å²) in [7, 11) is 0. The van der Waals surface area contributed by atoms with Crippen LogP contribution in [-0.2, 0) is 12.3 Å². The Morgan fingerprint density at radius 1 is 1.54 bits per heavy atom. The van der Waals surface area contributed by atoms with Gasteiger partial charge in [0.25, 0.3) is 0 Å². The third-order valence-electron chi connectivity index (χ3n) is 1.69. The summed E-state index contributed by atoms with van der Waals surface area (Å²) in [6, 6.07) is 0. The van der Waals surface area contributed by atoms with E-state index in [0.29, 0.717) is 0 Å². The first-order valence-electron chi connectivity index (χ1n) is 4.68. The first-order valence-corrected chi connectivity index (χ1v) is 5.83. The van der Waals surface area contributed by atoms with Gasteiger partial charge in [-0.05, 0) is 12.3 Å². The first kappa shape index (κ1) is 10.6. The van der Waals surface area contributed by atoms with Crippen molar-refractivity contribution in [3.8, 4) is 0 Å². The maximum atomic E-state index is 4.29. The van der Waals surface area contributed by atoms with E-state index in [0.717, 1.165) is 30.4 Å². The molecule has 0 atom stereocenters. The molecule has 74 valence electrons. The molecule has 3 nitrogen and oxygen atoms in total. The number of hydrogen-bond acceptors (Lipinski definition) is 3. The molecule has 0 aromatic carbocycles. The maximum Gasteiger partial charge on any atom is 0.116 e. The van der Waals surface area contributed by atoms with Crippen LogP contribution < -0.4 is 5.32 Å². The predicted octanol–water partition coefficient (Wildman–Crippen LogP) is 1.77. The summed E-state index contributed by atoms with van der Waals surface area (Å²) in [5.74, 6) is 3.21. The number of aromatic amines is 1. The Labute approximate surface area is 83.7 Å². The van der Waals surface area contributed by atoms with E-state index in [9.17, 15) is 0 Å². The van der Waals surface area contributed by atoms with Crippen molar-refractivity contribution < 1.29 is 0 Å². The minimum absolute atomic E-state index is 0.889. The van der Waals surface area contributed by atoms with E-state index in [2.05, 4.69) is 29.1 Å². The predicted molar refractivity (Wildman–Crippen MR) is 57.8 cm³/mol. The molecule has 0 fully saturated rings. The van der Waals surface area contributed by atoms with Crippen molar-refractivity contribution >= 4 is 11.8 Å². The first-order chi connectivity index (χ1) is 6.36. The largest absolute Gasteiger partial charge is 0.344 e. The molecule has 0 amide bonds. The van der Waals surface area contributed by atoms with Crippen molar-refractivity contribution in [1.29, 1.82) is 0 Å². The van der Waals surface area contributed by atoms with Gasteiger partial charge in [-0.2, -0.15) is 11.8 Å². The highest BCUT2D eigenvalue weighted by molar-refractivity contribution is 7.98. The summed E-state index contributed by atoms with van der Waals surface area (Å²) in [5, 5.41) is 3.26. The van der Waals surface area contributed by atoms with Gasteiger partial charge in [-0.25, -0.2) is 4.98 Å². The molecule has 0 aliphatic rings. The monoisotopic (exact) mass is 199 g/mol. The van der Waals surface area contributed by atoms with Crippen LogP contribution in [0.2, 0.25) is 0 Å². The Balaban J connectivity index is 2.34. The van der Waals surface area contributed by atoms with Crippen molar-refractivity contribution in [2.75, 3.05) is 12.3 Å². The minimum Gasteiger partial charge on any atom is -0.344 e. The highest BCUT2D eigenvalue weighted by Crippen LogP contribution is 2.08. The van der Waals surface area contributed by atoms with E-state index >= 15 is 0 Å². The second-order valence-corrected chi connectivity index (χ2v) is 4.05. The molecule has 0 aliphatic carbocycles. The molecule has 0 saturated carbocycles. The summed E-state index contributed by atoms with van der Waals surface area (Å²) < 4.78 is 0. The van der Waals surface area contributed by atoms with Gasteiger partial charge in [0.2, 0.25) is 0 Å². The topological polar surface area (TPSA) is 40.7 Å². The van der Waals surface area contributed by atoms with Crippen LogP contribution in [0.25, 0.3) is 0 Å². The zero-order chi connectivity index (χ0) is 9.52. The lowest BCUT2D eigenvalue weighted by molar-refractivity contribution is 0.713. The van der Waals surface area contributed by atoms with Crippen LogP contribution in [0.15, 0.2) is 6.20 Å². The molecule has 1 aromatic rings. The average molecular weight is 199 g/mol. The summed E-state index contributed by atoms with van der Waals surface area (Å²) in [6.45, 7) is 6.15. The fourth-order valence-corrected chi connectivity index (χ4v) is 1.57. The number of aromatic nitrogens is 2. The normalized spacial score (nSPS) is 10.6. The number of H-pyrrole nitrogens is 1. The quantitative estimate of drug-likeness (QED) is 0.733. The highest BCUT2D eigenvalue weighted by Gasteiger charge is 1.98. The smallest absolute Gasteiger partial charge is 0.116 e. The number of hydrogen-bond donors (Lipinski definition) is 2. The van der Waals surface area contributed by atoms with Gasteiger partial charge in [-0.1, -0.05) is 13.8 Å². The van der Waals surface area contributed by atoms with Gasteiger partial charge in [-0.3, -0.25) is 0 Å². The third-order valence-corrected chi connectivity index (χ3v) is 2.58. The molecule has 1 aromatic heterocycles. The zero-order valence-corrected chi connectivity index (χ0v) is 9.08. The molecular weight excluding hydrogens is 182 g/mol. The number of thioether (sulfide) groups is 1. The van der Waals surface area contributed by atoms with E-state index in [-0.39, 0.29) is 0 Å². The van der Waals surface area contributed by atoms with Crippen LogP contribution in [-0.4, -0.2) is 22.3 Å². The van der Waals surface area contributed by atoms with Gasteiger partial charge in [0.1, 0.15) is 5.82 Å². The Bertz CT molecular complexity index is 212. The Morgan fingerprint density at radius 2 is 2.38 bits per heavy atom. The Morgan fingerprint density at radius 3 is 3.08 bits per heavy atom. The second kappa shape index (κ2) is 6.05. The lowest BCUT2D eigenvalue weighted by atomic mass is 10.5. The number of rotatable bonds is 6. The van der Waals surface area contributed by atoms with Gasteiger partial charge < -0.3 is 10.3 Å². The van der Waals surface area contributed by atoms with Gasteiger partial charge >= 0.3 is 0 Å². The molecule has 0 unspecified atom stereocenters. The summed E-state index contributed by atoms with van der Waals surface area (Å²) in [6.07, 6.45) is 1.91. The summed E-state index contributed by atoms with van der Waals surface area (Å²) in [5.41, 5.74) is 1.17. The van der Waals surface area contributed by atoms with Crippen LogP contribution in [0.3, 0.4) is 0 Å². The molecule has 0 bridgehead atoms. The summed E-state index contributed by atoms with van der Waals surface area (Å²) in [4.78, 5) is 7.58. The zero-order valence-electron chi connectivity index (χ0n) is 8.26. The van der Waals surface area contributed by atoms with E-state index < -0.39 is 0 Å². The molecule has 2 N–H and O–H groups in total. The lowest BCUT2D eigenvalue weighted by Crippen LogP contribution is -2.11. The van der Waals surface area contributed by atoms with Crippen molar-refractivity contribution in [2.24, 2.45) is 0 Å². The molecule has 0 aliphatic heterocycles. The van der Waals surface area contributed by atoms with Crippen molar-refractivity contribution in [1.82, 2.24) is 15.3 Å². The molecular formula is C9H17N3S. The van der Waals surface area contributed by atoms with Crippen LogP contribution >= 0.6 is 11.8 Å². The Hall–Kier alpha value is -0.480. The number of imidazole rings is 1. The van der Waals surface area contributed by atoms with Crippen molar-refractivity contribution in [3.05, 3.63) is 17.7 Å².